The minimum absolute atomic E-state index is 0.0209. The van der Waals surface area contributed by atoms with Crippen LogP contribution in [0.1, 0.15) is 24.6 Å². The van der Waals surface area contributed by atoms with Crippen LogP contribution in [-0.2, 0) is 6.54 Å². The van der Waals surface area contributed by atoms with E-state index < -0.39 is 4.92 Å². The first kappa shape index (κ1) is 12.9. The first-order chi connectivity index (χ1) is 9.65. The Balaban J connectivity index is 1.75. The molecule has 0 saturated heterocycles. The monoisotopic (exact) mass is 292 g/mol. The van der Waals surface area contributed by atoms with Gasteiger partial charge in [-0.05, 0) is 18.9 Å². The third-order valence-corrected chi connectivity index (χ3v) is 3.64. The molecule has 0 radical (unpaired) electrons. The number of nitrogens with zero attached hydrogens (tertiary/aromatic N) is 3. The molecule has 20 heavy (non-hydrogen) atoms. The molecule has 0 amide bonds. The third-order valence-electron chi connectivity index (χ3n) is 3.31. The molecule has 1 aromatic carbocycles. The number of aromatic nitrogens is 2. The van der Waals surface area contributed by atoms with Gasteiger partial charge in [0.2, 0.25) is 0 Å². The second kappa shape index (κ2) is 5.13. The van der Waals surface area contributed by atoms with Gasteiger partial charge in [-0.25, -0.2) is 4.98 Å². The molecule has 1 aliphatic rings. The van der Waals surface area contributed by atoms with Crippen LogP contribution in [0.2, 0.25) is 5.02 Å². The Labute approximate surface area is 120 Å². The number of rotatable bonds is 5. The van der Waals surface area contributed by atoms with Crippen molar-refractivity contribution in [2.24, 2.45) is 0 Å². The first-order valence-electron chi connectivity index (χ1n) is 6.33. The second-order valence-corrected chi connectivity index (χ2v) is 5.21. The molecule has 1 heterocycles. The fraction of sp³-hybridized carbons (Fsp3) is 0.308. The Bertz CT molecular complexity index is 652. The Morgan fingerprint density at radius 3 is 3.00 bits per heavy atom. The lowest BCUT2D eigenvalue weighted by atomic mass is 10.2. The average Bonchev–Trinajstić information content (AvgIpc) is 3.17. The van der Waals surface area contributed by atoms with E-state index >= 15 is 0 Å². The van der Waals surface area contributed by atoms with E-state index in [1.54, 1.807) is 6.20 Å². The van der Waals surface area contributed by atoms with Crippen molar-refractivity contribution in [3.8, 4) is 0 Å². The van der Waals surface area contributed by atoms with Gasteiger partial charge in [0.05, 0.1) is 34.2 Å². The van der Waals surface area contributed by atoms with Crippen molar-refractivity contribution < 1.29 is 4.92 Å². The van der Waals surface area contributed by atoms with Gasteiger partial charge < -0.3 is 9.88 Å². The van der Waals surface area contributed by atoms with Crippen LogP contribution in [0.25, 0.3) is 0 Å². The molecule has 1 saturated carbocycles. The minimum Gasteiger partial charge on any atom is -0.378 e. The number of nitrogens with one attached hydrogen (secondary N) is 1. The number of benzene rings is 1. The minimum atomic E-state index is -0.435. The Morgan fingerprint density at radius 2 is 2.30 bits per heavy atom. The van der Waals surface area contributed by atoms with Crippen molar-refractivity contribution >= 4 is 23.0 Å². The summed E-state index contributed by atoms with van der Waals surface area (Å²) in [5, 5.41) is 14.4. The smallest absolute Gasteiger partial charge is 0.271 e. The van der Waals surface area contributed by atoms with Gasteiger partial charge >= 0.3 is 0 Å². The predicted octanol–water partition coefficient (Wildman–Crippen LogP) is 3.39. The topological polar surface area (TPSA) is 73.0 Å². The van der Waals surface area contributed by atoms with Crippen LogP contribution in [0.3, 0.4) is 0 Å². The fourth-order valence-electron chi connectivity index (χ4n) is 2.10. The number of halogens is 1. The summed E-state index contributed by atoms with van der Waals surface area (Å²) in [5.41, 5.74) is 1.63. The summed E-state index contributed by atoms with van der Waals surface area (Å²) in [7, 11) is 0. The van der Waals surface area contributed by atoms with E-state index in [1.807, 2.05) is 6.33 Å². The molecule has 0 unspecified atom stereocenters. The van der Waals surface area contributed by atoms with Gasteiger partial charge in [-0.15, -0.1) is 0 Å². The molecule has 1 N–H and O–H groups in total. The van der Waals surface area contributed by atoms with E-state index in [4.69, 9.17) is 11.6 Å². The van der Waals surface area contributed by atoms with Gasteiger partial charge in [0.25, 0.3) is 5.69 Å². The highest BCUT2D eigenvalue weighted by Crippen LogP contribution is 2.36. The highest BCUT2D eigenvalue weighted by atomic mass is 35.5. The molecule has 3 rings (SSSR count). The molecule has 1 fully saturated rings. The van der Waals surface area contributed by atoms with Crippen molar-refractivity contribution in [2.45, 2.75) is 25.4 Å². The quantitative estimate of drug-likeness (QED) is 0.677. The maximum Gasteiger partial charge on any atom is 0.271 e. The number of anilines is 1. The number of hydrogen-bond donors (Lipinski definition) is 1. The summed E-state index contributed by atoms with van der Waals surface area (Å²) in [5.74, 6) is 0. The van der Waals surface area contributed by atoms with Crippen LogP contribution in [0.5, 0.6) is 0 Å². The lowest BCUT2D eigenvalue weighted by Crippen LogP contribution is -2.06. The van der Waals surface area contributed by atoms with Crippen LogP contribution in [0, 0.1) is 10.1 Å². The zero-order valence-corrected chi connectivity index (χ0v) is 11.4. The van der Waals surface area contributed by atoms with Gasteiger partial charge in [0.15, 0.2) is 0 Å². The SMILES string of the molecule is O=[N+]([O-])c1ccc(Cl)c(NCc2cncn2C2CC2)c1. The summed E-state index contributed by atoms with van der Waals surface area (Å²) in [6, 6.07) is 4.91. The number of nitro groups is 1. The number of imidazole rings is 1. The summed E-state index contributed by atoms with van der Waals surface area (Å²) < 4.78 is 2.14. The van der Waals surface area contributed by atoms with E-state index in [2.05, 4.69) is 14.9 Å². The standard InChI is InChI=1S/C13H13ClN4O2/c14-12-4-3-10(18(19)20)5-13(12)16-7-11-6-15-8-17(11)9-1-2-9/h3-6,8-9,16H,1-2,7H2. The summed E-state index contributed by atoms with van der Waals surface area (Å²) >= 11 is 6.05. The Morgan fingerprint density at radius 1 is 1.50 bits per heavy atom. The molecule has 2 aromatic rings. The van der Waals surface area contributed by atoms with Crippen molar-refractivity contribution in [2.75, 3.05) is 5.32 Å². The molecule has 1 aliphatic carbocycles. The first-order valence-corrected chi connectivity index (χ1v) is 6.71. The third kappa shape index (κ3) is 2.60. The molecule has 7 heteroatoms. The van der Waals surface area contributed by atoms with Crippen LogP contribution in [0.15, 0.2) is 30.7 Å². The molecular formula is C13H13ClN4O2. The number of hydrogen-bond acceptors (Lipinski definition) is 4. The summed E-state index contributed by atoms with van der Waals surface area (Å²) in [6.45, 7) is 0.539. The van der Waals surface area contributed by atoms with Crippen LogP contribution >= 0.6 is 11.6 Å². The maximum atomic E-state index is 10.8. The van der Waals surface area contributed by atoms with Crippen molar-refractivity contribution in [1.82, 2.24) is 9.55 Å². The Kier molecular flexibility index (Phi) is 3.31. The molecule has 0 spiro atoms. The second-order valence-electron chi connectivity index (χ2n) is 4.80. The number of non-ortho nitro benzene ring substituents is 1. The van der Waals surface area contributed by atoms with Crippen LogP contribution in [-0.4, -0.2) is 14.5 Å². The normalized spacial score (nSPS) is 14.2. The maximum absolute atomic E-state index is 10.8. The van der Waals surface area contributed by atoms with Crippen LogP contribution in [0.4, 0.5) is 11.4 Å². The lowest BCUT2D eigenvalue weighted by molar-refractivity contribution is -0.384. The lowest BCUT2D eigenvalue weighted by Gasteiger charge is -2.10. The summed E-state index contributed by atoms with van der Waals surface area (Å²) in [6.07, 6.45) is 5.99. The Hall–Kier alpha value is -2.08. The molecule has 0 atom stereocenters. The fourth-order valence-corrected chi connectivity index (χ4v) is 2.28. The van der Waals surface area contributed by atoms with E-state index in [1.165, 1.54) is 31.0 Å². The zero-order valence-electron chi connectivity index (χ0n) is 10.6. The van der Waals surface area contributed by atoms with Crippen LogP contribution < -0.4 is 5.32 Å². The molecule has 1 aromatic heterocycles. The van der Waals surface area contributed by atoms with E-state index in [9.17, 15) is 10.1 Å². The van der Waals surface area contributed by atoms with Gasteiger partial charge in [-0.2, -0.15) is 0 Å². The van der Waals surface area contributed by atoms with Gasteiger partial charge in [0.1, 0.15) is 0 Å². The molecule has 0 bridgehead atoms. The highest BCUT2D eigenvalue weighted by Gasteiger charge is 2.25. The predicted molar refractivity (Wildman–Crippen MR) is 75.9 cm³/mol. The van der Waals surface area contributed by atoms with Gasteiger partial charge in [-0.1, -0.05) is 11.6 Å². The van der Waals surface area contributed by atoms with Gasteiger partial charge in [0, 0.05) is 24.4 Å². The molecule has 104 valence electrons. The van der Waals surface area contributed by atoms with E-state index in [-0.39, 0.29) is 5.69 Å². The van der Waals surface area contributed by atoms with E-state index in [0.29, 0.717) is 23.3 Å². The van der Waals surface area contributed by atoms with Crippen molar-refractivity contribution in [3.05, 3.63) is 51.6 Å². The molecular weight excluding hydrogens is 280 g/mol. The van der Waals surface area contributed by atoms with Crippen molar-refractivity contribution in [1.29, 1.82) is 0 Å². The molecule has 6 nitrogen and oxygen atoms in total. The van der Waals surface area contributed by atoms with Crippen molar-refractivity contribution in [3.63, 3.8) is 0 Å². The highest BCUT2D eigenvalue weighted by molar-refractivity contribution is 6.33. The number of nitro benzene ring substituents is 1. The molecule has 0 aliphatic heterocycles. The summed E-state index contributed by atoms with van der Waals surface area (Å²) in [4.78, 5) is 14.5. The zero-order chi connectivity index (χ0) is 14.1. The largest absolute Gasteiger partial charge is 0.378 e. The van der Waals surface area contributed by atoms with E-state index in [0.717, 1.165) is 5.69 Å². The van der Waals surface area contributed by atoms with Gasteiger partial charge in [-0.3, -0.25) is 10.1 Å². The average molecular weight is 293 g/mol.